The SMILES string of the molecule is CCn1nnc2cc(C(=O)Nc3nc4c(s3)C[C@H](C)CC4)ccc21. The van der Waals surface area contributed by atoms with E-state index in [1.54, 1.807) is 17.4 Å². The predicted molar refractivity (Wildman–Crippen MR) is 94.5 cm³/mol. The summed E-state index contributed by atoms with van der Waals surface area (Å²) < 4.78 is 1.81. The largest absolute Gasteiger partial charge is 0.298 e. The van der Waals surface area contributed by atoms with Crippen LogP contribution in [0.5, 0.6) is 0 Å². The topological polar surface area (TPSA) is 72.7 Å². The number of thiazole rings is 1. The van der Waals surface area contributed by atoms with Crippen LogP contribution in [0.15, 0.2) is 18.2 Å². The second-order valence-corrected chi connectivity index (χ2v) is 7.38. The van der Waals surface area contributed by atoms with E-state index in [4.69, 9.17) is 0 Å². The van der Waals surface area contributed by atoms with Gasteiger partial charge in [0.2, 0.25) is 0 Å². The molecule has 0 fully saturated rings. The van der Waals surface area contributed by atoms with Crippen LogP contribution in [0, 0.1) is 5.92 Å². The van der Waals surface area contributed by atoms with Gasteiger partial charge in [0.1, 0.15) is 5.52 Å². The van der Waals surface area contributed by atoms with Crippen molar-refractivity contribution in [3.05, 3.63) is 34.3 Å². The molecule has 0 radical (unpaired) electrons. The van der Waals surface area contributed by atoms with Crippen LogP contribution in [0.3, 0.4) is 0 Å². The molecule has 0 aliphatic heterocycles. The van der Waals surface area contributed by atoms with Crippen molar-refractivity contribution in [3.8, 4) is 0 Å². The van der Waals surface area contributed by atoms with Crippen LogP contribution in [0.1, 0.15) is 41.2 Å². The molecule has 4 rings (SSSR count). The average Bonchev–Trinajstić information content (AvgIpc) is 3.16. The number of benzene rings is 1. The Labute approximate surface area is 143 Å². The van der Waals surface area contributed by atoms with Gasteiger partial charge in [-0.1, -0.05) is 12.1 Å². The van der Waals surface area contributed by atoms with E-state index in [-0.39, 0.29) is 5.91 Å². The molecule has 7 heteroatoms. The molecule has 1 N–H and O–H groups in total. The Kier molecular flexibility index (Phi) is 3.80. The highest BCUT2D eigenvalue weighted by atomic mass is 32.1. The lowest BCUT2D eigenvalue weighted by Gasteiger charge is -2.15. The van der Waals surface area contributed by atoms with E-state index in [0.29, 0.717) is 16.6 Å². The van der Waals surface area contributed by atoms with Crippen molar-refractivity contribution in [1.82, 2.24) is 20.0 Å². The molecule has 1 amide bonds. The molecule has 1 aromatic carbocycles. The maximum atomic E-state index is 12.5. The third-order valence-electron chi connectivity index (χ3n) is 4.48. The number of amides is 1. The molecule has 1 aliphatic carbocycles. The molecule has 6 nitrogen and oxygen atoms in total. The van der Waals surface area contributed by atoms with Crippen molar-refractivity contribution < 1.29 is 4.79 Å². The van der Waals surface area contributed by atoms with Gasteiger partial charge in [0, 0.05) is 17.0 Å². The van der Waals surface area contributed by atoms with E-state index >= 15 is 0 Å². The van der Waals surface area contributed by atoms with Gasteiger partial charge in [-0.25, -0.2) is 9.67 Å². The Balaban J connectivity index is 1.56. The van der Waals surface area contributed by atoms with Crippen LogP contribution in [-0.2, 0) is 19.4 Å². The molecule has 0 unspecified atom stereocenters. The van der Waals surface area contributed by atoms with Crippen molar-refractivity contribution >= 4 is 33.4 Å². The molecule has 24 heavy (non-hydrogen) atoms. The van der Waals surface area contributed by atoms with Crippen LogP contribution in [0.4, 0.5) is 5.13 Å². The molecule has 0 bridgehead atoms. The zero-order valence-electron chi connectivity index (χ0n) is 13.7. The molecule has 2 aromatic heterocycles. The van der Waals surface area contributed by atoms with Gasteiger partial charge in [-0.05, 0) is 50.3 Å². The van der Waals surface area contributed by atoms with Crippen molar-refractivity contribution in [1.29, 1.82) is 0 Å². The van der Waals surface area contributed by atoms with E-state index in [1.165, 1.54) is 11.3 Å². The smallest absolute Gasteiger partial charge is 0.257 e. The highest BCUT2D eigenvalue weighted by molar-refractivity contribution is 7.15. The Morgan fingerprint density at radius 1 is 1.46 bits per heavy atom. The molecule has 0 spiro atoms. The number of nitrogens with one attached hydrogen (secondary N) is 1. The van der Waals surface area contributed by atoms with Gasteiger partial charge in [0.25, 0.3) is 5.91 Å². The lowest BCUT2D eigenvalue weighted by atomic mass is 9.93. The first-order chi connectivity index (χ1) is 11.6. The number of fused-ring (bicyclic) bond motifs is 2. The molecule has 3 aromatic rings. The van der Waals surface area contributed by atoms with Gasteiger partial charge in [-0.15, -0.1) is 16.4 Å². The minimum absolute atomic E-state index is 0.151. The molecule has 0 saturated carbocycles. The third kappa shape index (κ3) is 2.69. The summed E-state index contributed by atoms with van der Waals surface area (Å²) >= 11 is 1.60. The molecular weight excluding hydrogens is 322 g/mol. The van der Waals surface area contributed by atoms with Crippen LogP contribution in [-0.4, -0.2) is 25.9 Å². The number of carbonyl (C=O) groups is 1. The Morgan fingerprint density at radius 3 is 3.17 bits per heavy atom. The molecule has 2 heterocycles. The van der Waals surface area contributed by atoms with Crippen LogP contribution in [0.2, 0.25) is 0 Å². The highest BCUT2D eigenvalue weighted by Gasteiger charge is 2.21. The van der Waals surface area contributed by atoms with E-state index in [0.717, 1.165) is 36.1 Å². The Hall–Kier alpha value is -2.28. The zero-order valence-corrected chi connectivity index (χ0v) is 14.6. The number of hydrogen-bond donors (Lipinski definition) is 1. The molecule has 1 aliphatic rings. The molecule has 1 atom stereocenters. The van der Waals surface area contributed by atoms with E-state index in [1.807, 2.05) is 23.7 Å². The number of rotatable bonds is 3. The molecule has 0 saturated heterocycles. The van der Waals surface area contributed by atoms with Crippen LogP contribution < -0.4 is 5.32 Å². The van der Waals surface area contributed by atoms with Crippen LogP contribution in [0.25, 0.3) is 11.0 Å². The lowest BCUT2D eigenvalue weighted by molar-refractivity contribution is 0.102. The fourth-order valence-corrected chi connectivity index (χ4v) is 4.28. The maximum Gasteiger partial charge on any atom is 0.257 e. The number of hydrogen-bond acceptors (Lipinski definition) is 5. The summed E-state index contributed by atoms with van der Waals surface area (Å²) in [7, 11) is 0. The van der Waals surface area contributed by atoms with E-state index in [2.05, 4.69) is 27.5 Å². The van der Waals surface area contributed by atoms with Gasteiger partial charge in [-0.2, -0.15) is 0 Å². The van der Waals surface area contributed by atoms with Gasteiger partial charge in [0.05, 0.1) is 11.2 Å². The Morgan fingerprint density at radius 2 is 2.33 bits per heavy atom. The van der Waals surface area contributed by atoms with E-state index in [9.17, 15) is 4.79 Å². The second kappa shape index (κ2) is 5.98. The number of nitrogens with zero attached hydrogens (tertiary/aromatic N) is 4. The fraction of sp³-hybridized carbons (Fsp3) is 0.412. The average molecular weight is 341 g/mol. The maximum absolute atomic E-state index is 12.5. The summed E-state index contributed by atoms with van der Waals surface area (Å²) in [4.78, 5) is 18.4. The summed E-state index contributed by atoms with van der Waals surface area (Å²) in [6.07, 6.45) is 3.25. The third-order valence-corrected chi connectivity index (χ3v) is 5.52. The summed E-state index contributed by atoms with van der Waals surface area (Å²) in [6.45, 7) is 5.03. The van der Waals surface area contributed by atoms with Crippen molar-refractivity contribution in [2.75, 3.05) is 5.32 Å². The number of anilines is 1. The van der Waals surface area contributed by atoms with Gasteiger partial charge >= 0.3 is 0 Å². The zero-order chi connectivity index (χ0) is 16.7. The summed E-state index contributed by atoms with van der Waals surface area (Å²) in [6, 6.07) is 5.48. The summed E-state index contributed by atoms with van der Waals surface area (Å²) in [5, 5.41) is 11.8. The number of aryl methyl sites for hydroxylation is 2. The van der Waals surface area contributed by atoms with Gasteiger partial charge in [0.15, 0.2) is 5.13 Å². The minimum atomic E-state index is -0.151. The normalized spacial score (nSPS) is 17.0. The van der Waals surface area contributed by atoms with Gasteiger partial charge in [-0.3, -0.25) is 10.1 Å². The van der Waals surface area contributed by atoms with Crippen molar-refractivity contribution in [3.63, 3.8) is 0 Å². The second-order valence-electron chi connectivity index (χ2n) is 6.30. The minimum Gasteiger partial charge on any atom is -0.298 e. The van der Waals surface area contributed by atoms with Crippen molar-refractivity contribution in [2.45, 2.75) is 39.7 Å². The first kappa shape index (κ1) is 15.3. The summed E-state index contributed by atoms with van der Waals surface area (Å²) in [5.74, 6) is 0.548. The van der Waals surface area contributed by atoms with Crippen LogP contribution >= 0.6 is 11.3 Å². The highest BCUT2D eigenvalue weighted by Crippen LogP contribution is 2.32. The first-order valence-electron chi connectivity index (χ1n) is 8.27. The fourth-order valence-electron chi connectivity index (χ4n) is 3.11. The molecule has 124 valence electrons. The Bertz CT molecular complexity index is 913. The quantitative estimate of drug-likeness (QED) is 0.793. The van der Waals surface area contributed by atoms with E-state index < -0.39 is 0 Å². The predicted octanol–water partition coefficient (Wildman–Crippen LogP) is 3.28. The summed E-state index contributed by atoms with van der Waals surface area (Å²) in [5.41, 5.74) is 3.39. The number of aromatic nitrogens is 4. The monoisotopic (exact) mass is 341 g/mol. The standard InChI is InChI=1S/C17H19N5OS/c1-3-22-14-7-5-11(9-13(14)20-21-22)16(23)19-17-18-12-6-4-10(2)8-15(12)24-17/h5,7,9-10H,3-4,6,8H2,1-2H3,(H,18,19,23)/t10-/m1/s1. The van der Waals surface area contributed by atoms with Crippen molar-refractivity contribution in [2.24, 2.45) is 5.92 Å². The molecular formula is C17H19N5OS. The number of carbonyl (C=O) groups excluding carboxylic acids is 1. The lowest BCUT2D eigenvalue weighted by Crippen LogP contribution is -2.12. The van der Waals surface area contributed by atoms with Gasteiger partial charge < -0.3 is 0 Å². The first-order valence-corrected chi connectivity index (χ1v) is 9.09.